The first-order valence-electron chi connectivity index (χ1n) is 7.81. The highest BCUT2D eigenvalue weighted by Crippen LogP contribution is 2.21. The molecule has 0 saturated heterocycles. The first kappa shape index (κ1) is 17.7. The fourth-order valence-corrected chi connectivity index (χ4v) is 2.61. The van der Waals surface area contributed by atoms with Gasteiger partial charge < -0.3 is 10.2 Å². The van der Waals surface area contributed by atoms with Crippen LogP contribution in [-0.4, -0.2) is 45.1 Å². The molecule has 0 fully saturated rings. The van der Waals surface area contributed by atoms with Crippen LogP contribution < -0.4 is 5.32 Å². The number of rotatable bonds is 6. The van der Waals surface area contributed by atoms with E-state index in [1.54, 1.807) is 18.1 Å². The van der Waals surface area contributed by atoms with Gasteiger partial charge in [-0.3, -0.25) is 14.3 Å². The molecule has 0 radical (unpaired) electrons. The van der Waals surface area contributed by atoms with Gasteiger partial charge in [-0.05, 0) is 31.9 Å². The van der Waals surface area contributed by atoms with Gasteiger partial charge >= 0.3 is 0 Å². The second-order valence-corrected chi connectivity index (χ2v) is 5.98. The summed E-state index contributed by atoms with van der Waals surface area (Å²) in [7, 11) is 1.62. The topological polar surface area (TPSA) is 80.1 Å². The third kappa shape index (κ3) is 4.65. The van der Waals surface area contributed by atoms with E-state index in [4.69, 9.17) is 0 Å². The number of likely N-dealkylation sites (N-methyl/N-ethyl adjacent to an activating group) is 1. The number of hydrogen-bond donors (Lipinski definition) is 1. The van der Waals surface area contributed by atoms with Gasteiger partial charge in [-0.1, -0.05) is 17.7 Å². The van der Waals surface area contributed by atoms with E-state index in [1.165, 1.54) is 11.2 Å². The van der Waals surface area contributed by atoms with Crippen molar-refractivity contribution in [3.8, 4) is 0 Å². The molecule has 0 unspecified atom stereocenters. The van der Waals surface area contributed by atoms with Crippen molar-refractivity contribution in [3.05, 3.63) is 41.5 Å². The van der Waals surface area contributed by atoms with Gasteiger partial charge in [0.2, 0.25) is 11.8 Å². The summed E-state index contributed by atoms with van der Waals surface area (Å²) in [5.74, 6) is -0.320. The summed E-state index contributed by atoms with van der Waals surface area (Å²) in [5, 5.41) is 6.85. The number of nitrogens with zero attached hydrogens (tertiary/aromatic N) is 4. The molecule has 0 aliphatic carbocycles. The fourth-order valence-electron chi connectivity index (χ4n) is 2.61. The van der Waals surface area contributed by atoms with Gasteiger partial charge in [0.25, 0.3) is 0 Å². The number of carbonyl (C=O) groups excluding carboxylic acids is 2. The molecule has 1 aromatic carbocycles. The molecule has 2 amide bonds. The Hall–Kier alpha value is -2.70. The van der Waals surface area contributed by atoms with E-state index in [2.05, 4.69) is 15.4 Å². The van der Waals surface area contributed by atoms with Gasteiger partial charge in [0.05, 0.1) is 13.1 Å². The predicted molar refractivity (Wildman–Crippen MR) is 91.6 cm³/mol. The maximum absolute atomic E-state index is 12.2. The molecule has 0 spiro atoms. The monoisotopic (exact) mass is 329 g/mol. The third-order valence-corrected chi connectivity index (χ3v) is 3.77. The number of benzene rings is 1. The number of aryl methyl sites for hydroxylation is 4. The molecule has 0 atom stereocenters. The van der Waals surface area contributed by atoms with Crippen molar-refractivity contribution >= 4 is 17.5 Å². The Balaban J connectivity index is 1.88. The minimum Gasteiger partial charge on any atom is -0.336 e. The normalized spacial score (nSPS) is 10.5. The van der Waals surface area contributed by atoms with Crippen molar-refractivity contribution in [1.29, 1.82) is 0 Å². The van der Waals surface area contributed by atoms with Crippen molar-refractivity contribution in [2.45, 2.75) is 33.7 Å². The first-order valence-corrected chi connectivity index (χ1v) is 7.81. The highest BCUT2D eigenvalue weighted by atomic mass is 16.2. The summed E-state index contributed by atoms with van der Waals surface area (Å²) in [5.41, 5.74) is 4.00. The molecule has 2 rings (SSSR count). The molecular weight excluding hydrogens is 306 g/mol. The second-order valence-electron chi connectivity index (χ2n) is 5.98. The zero-order valence-electron chi connectivity index (χ0n) is 14.5. The van der Waals surface area contributed by atoms with E-state index in [-0.39, 0.29) is 24.8 Å². The van der Waals surface area contributed by atoms with Crippen LogP contribution in [0.15, 0.2) is 24.8 Å². The van der Waals surface area contributed by atoms with Crippen LogP contribution in [0.2, 0.25) is 0 Å². The van der Waals surface area contributed by atoms with Crippen molar-refractivity contribution < 1.29 is 9.59 Å². The molecule has 0 aliphatic rings. The van der Waals surface area contributed by atoms with Crippen molar-refractivity contribution in [2.24, 2.45) is 0 Å². The lowest BCUT2D eigenvalue weighted by Crippen LogP contribution is -2.35. The first-order chi connectivity index (χ1) is 11.4. The van der Waals surface area contributed by atoms with Crippen LogP contribution in [0.3, 0.4) is 0 Å². The van der Waals surface area contributed by atoms with Crippen molar-refractivity contribution in [3.63, 3.8) is 0 Å². The van der Waals surface area contributed by atoms with Crippen molar-refractivity contribution in [1.82, 2.24) is 19.7 Å². The molecule has 7 heteroatoms. The van der Waals surface area contributed by atoms with E-state index in [0.29, 0.717) is 6.54 Å². The summed E-state index contributed by atoms with van der Waals surface area (Å²) in [6.07, 6.45) is 3.26. The van der Waals surface area contributed by atoms with Gasteiger partial charge in [-0.2, -0.15) is 5.10 Å². The summed E-state index contributed by atoms with van der Waals surface area (Å²) < 4.78 is 1.59. The Morgan fingerprint density at radius 1 is 1.21 bits per heavy atom. The van der Waals surface area contributed by atoms with Crippen LogP contribution in [0.4, 0.5) is 5.69 Å². The van der Waals surface area contributed by atoms with Gasteiger partial charge in [0, 0.05) is 19.2 Å². The molecule has 0 saturated carbocycles. The third-order valence-electron chi connectivity index (χ3n) is 3.77. The van der Waals surface area contributed by atoms with E-state index in [9.17, 15) is 9.59 Å². The Morgan fingerprint density at radius 3 is 2.46 bits per heavy atom. The minimum absolute atomic E-state index is 0.0168. The lowest BCUT2D eigenvalue weighted by atomic mass is 10.1. The molecule has 24 heavy (non-hydrogen) atoms. The number of hydrogen-bond acceptors (Lipinski definition) is 4. The highest BCUT2D eigenvalue weighted by molar-refractivity contribution is 5.95. The van der Waals surface area contributed by atoms with E-state index >= 15 is 0 Å². The number of aromatic nitrogens is 3. The smallest absolute Gasteiger partial charge is 0.243 e. The molecule has 128 valence electrons. The van der Waals surface area contributed by atoms with E-state index in [1.807, 2.05) is 32.9 Å². The fraction of sp³-hybridized carbons (Fsp3) is 0.412. The Labute approximate surface area is 141 Å². The quantitative estimate of drug-likeness (QED) is 0.874. The van der Waals surface area contributed by atoms with Gasteiger partial charge in [0.15, 0.2) is 0 Å². The van der Waals surface area contributed by atoms with Crippen molar-refractivity contribution in [2.75, 3.05) is 18.9 Å². The summed E-state index contributed by atoms with van der Waals surface area (Å²) in [4.78, 5) is 29.6. The number of nitrogens with one attached hydrogen (secondary N) is 1. The average molecular weight is 329 g/mol. The maximum atomic E-state index is 12.2. The lowest BCUT2D eigenvalue weighted by Gasteiger charge is -2.18. The zero-order chi connectivity index (χ0) is 17.7. The predicted octanol–water partition coefficient (Wildman–Crippen LogP) is 1.69. The van der Waals surface area contributed by atoms with Crippen LogP contribution in [0.5, 0.6) is 0 Å². The molecule has 0 aliphatic heterocycles. The van der Waals surface area contributed by atoms with E-state index in [0.717, 1.165) is 22.4 Å². The Bertz CT molecular complexity index is 702. The van der Waals surface area contributed by atoms with Crippen LogP contribution in [0.25, 0.3) is 0 Å². The molecule has 7 nitrogen and oxygen atoms in total. The number of carbonyl (C=O) groups is 2. The minimum atomic E-state index is -0.207. The molecule has 0 bridgehead atoms. The van der Waals surface area contributed by atoms with E-state index < -0.39 is 0 Å². The second kappa shape index (κ2) is 7.72. The Kier molecular flexibility index (Phi) is 5.68. The van der Waals surface area contributed by atoms with Gasteiger partial charge in [-0.15, -0.1) is 0 Å². The van der Waals surface area contributed by atoms with Gasteiger partial charge in [-0.25, -0.2) is 4.98 Å². The molecule has 2 aromatic rings. The maximum Gasteiger partial charge on any atom is 0.243 e. The molecule has 1 aromatic heterocycles. The van der Waals surface area contributed by atoms with Gasteiger partial charge in [0.1, 0.15) is 12.7 Å². The summed E-state index contributed by atoms with van der Waals surface area (Å²) in [6, 6.07) is 4.05. The zero-order valence-corrected chi connectivity index (χ0v) is 14.5. The number of anilines is 1. The van der Waals surface area contributed by atoms with Crippen LogP contribution in [-0.2, 0) is 16.1 Å². The standard InChI is InChI=1S/C17H23N5O2/c1-12-7-13(2)17(14(3)8-12)20-15(23)9-21(4)16(24)5-6-22-11-18-10-19-22/h7-8,10-11H,5-6,9H2,1-4H3,(H,20,23). The SMILES string of the molecule is Cc1cc(C)c(NC(=O)CN(C)C(=O)CCn2cncn2)c(C)c1. The largest absolute Gasteiger partial charge is 0.336 e. The lowest BCUT2D eigenvalue weighted by molar-refractivity contribution is -0.133. The highest BCUT2D eigenvalue weighted by Gasteiger charge is 2.14. The summed E-state index contributed by atoms with van der Waals surface area (Å²) >= 11 is 0. The molecular formula is C17H23N5O2. The van der Waals surface area contributed by atoms with Crippen LogP contribution in [0.1, 0.15) is 23.1 Å². The summed E-state index contributed by atoms with van der Waals surface area (Å²) in [6.45, 7) is 6.41. The Morgan fingerprint density at radius 2 is 1.88 bits per heavy atom. The van der Waals surface area contributed by atoms with Crippen LogP contribution >= 0.6 is 0 Å². The molecule has 1 heterocycles. The molecule has 1 N–H and O–H groups in total. The average Bonchev–Trinajstić information content (AvgIpc) is 3.01. The number of amides is 2. The van der Waals surface area contributed by atoms with Crippen LogP contribution in [0, 0.1) is 20.8 Å².